The molecular formula is C22H30N5O4+. The topological polar surface area (TPSA) is 112 Å². The minimum absolute atomic E-state index is 0.00631. The van der Waals surface area contributed by atoms with Crippen molar-refractivity contribution in [3.05, 3.63) is 30.3 Å². The number of nitrogens with one attached hydrogen (secondary N) is 4. The lowest BCUT2D eigenvalue weighted by molar-refractivity contribution is -0.897. The van der Waals surface area contributed by atoms with Crippen LogP contribution in [0.25, 0.3) is 0 Å². The van der Waals surface area contributed by atoms with Crippen LogP contribution in [0.5, 0.6) is 0 Å². The van der Waals surface area contributed by atoms with Gasteiger partial charge in [-0.2, -0.15) is 5.01 Å². The summed E-state index contributed by atoms with van der Waals surface area (Å²) in [6.45, 7) is 1.53. The number of benzene rings is 1. The van der Waals surface area contributed by atoms with Gasteiger partial charge in [0.15, 0.2) is 6.54 Å². The predicted molar refractivity (Wildman–Crippen MR) is 113 cm³/mol. The fourth-order valence-electron chi connectivity index (χ4n) is 4.84. The highest BCUT2D eigenvalue weighted by Gasteiger charge is 2.52. The maximum absolute atomic E-state index is 12.8. The van der Waals surface area contributed by atoms with Gasteiger partial charge in [0.2, 0.25) is 5.91 Å². The van der Waals surface area contributed by atoms with Crippen molar-refractivity contribution in [1.29, 1.82) is 0 Å². The summed E-state index contributed by atoms with van der Waals surface area (Å²) in [5.41, 5.74) is 2.43. The molecule has 0 unspecified atom stereocenters. The molecule has 0 aromatic heterocycles. The average molecular weight is 429 g/mol. The van der Waals surface area contributed by atoms with Crippen molar-refractivity contribution in [2.24, 2.45) is 5.92 Å². The Balaban J connectivity index is 1.23. The molecule has 4 N–H and O–H groups in total. The number of likely N-dealkylation sites (tertiary alicyclic amines) is 1. The number of anilines is 1. The van der Waals surface area contributed by atoms with E-state index in [0.717, 1.165) is 34.9 Å². The number of amides is 5. The van der Waals surface area contributed by atoms with Gasteiger partial charge in [-0.1, -0.05) is 37.5 Å². The smallest absolute Gasteiger partial charge is 0.327 e. The van der Waals surface area contributed by atoms with E-state index in [-0.39, 0.29) is 30.2 Å². The summed E-state index contributed by atoms with van der Waals surface area (Å²) in [6.07, 6.45) is 5.46. The first-order valence-corrected chi connectivity index (χ1v) is 11.1. The maximum Gasteiger partial charge on any atom is 0.344 e. The number of quaternary nitrogens is 1. The van der Waals surface area contributed by atoms with Crippen LogP contribution in [0.2, 0.25) is 0 Å². The second-order valence-electron chi connectivity index (χ2n) is 8.80. The molecule has 0 atom stereocenters. The Morgan fingerprint density at radius 1 is 1.06 bits per heavy atom. The Morgan fingerprint density at radius 3 is 2.42 bits per heavy atom. The number of nitrogens with zero attached hydrogens (tertiary/aromatic N) is 1. The summed E-state index contributed by atoms with van der Waals surface area (Å²) >= 11 is 0. The van der Waals surface area contributed by atoms with Gasteiger partial charge in [0.1, 0.15) is 5.54 Å². The molecule has 9 heteroatoms. The summed E-state index contributed by atoms with van der Waals surface area (Å²) in [5.74, 6) is -0.786. The fraction of sp³-hybridized carbons (Fsp3) is 0.545. The van der Waals surface area contributed by atoms with Gasteiger partial charge in [-0.15, -0.1) is 0 Å². The number of para-hydroxylation sites is 1. The molecule has 166 valence electrons. The number of urea groups is 1. The molecule has 1 saturated carbocycles. The van der Waals surface area contributed by atoms with Crippen molar-refractivity contribution in [3.63, 3.8) is 0 Å². The Morgan fingerprint density at radius 2 is 1.74 bits per heavy atom. The highest BCUT2D eigenvalue weighted by Crippen LogP contribution is 2.32. The average Bonchev–Trinajstić information content (AvgIpc) is 2.99. The van der Waals surface area contributed by atoms with Crippen molar-refractivity contribution >= 4 is 29.4 Å². The molecule has 2 aliphatic heterocycles. The zero-order valence-corrected chi connectivity index (χ0v) is 17.6. The lowest BCUT2D eigenvalue weighted by atomic mass is 9.82. The number of carbonyl (C=O) groups is 4. The third-order valence-electron chi connectivity index (χ3n) is 6.62. The molecule has 9 nitrogen and oxygen atoms in total. The van der Waals surface area contributed by atoms with Gasteiger partial charge in [-0.3, -0.25) is 19.8 Å². The lowest BCUT2D eigenvalue weighted by Crippen LogP contribution is -3.14. The van der Waals surface area contributed by atoms with Gasteiger partial charge < -0.3 is 15.5 Å². The van der Waals surface area contributed by atoms with Crippen LogP contribution in [0.3, 0.4) is 0 Å². The first-order valence-electron chi connectivity index (χ1n) is 11.1. The van der Waals surface area contributed by atoms with Crippen LogP contribution in [0, 0.1) is 5.92 Å². The van der Waals surface area contributed by atoms with Gasteiger partial charge in [-0.05, 0) is 25.0 Å². The zero-order chi connectivity index (χ0) is 21.8. The number of carbonyl (C=O) groups excluding carboxylic acids is 4. The quantitative estimate of drug-likeness (QED) is 0.502. The van der Waals surface area contributed by atoms with Crippen molar-refractivity contribution in [1.82, 2.24) is 15.8 Å². The Labute approximate surface area is 181 Å². The third kappa shape index (κ3) is 4.71. The van der Waals surface area contributed by atoms with Crippen molar-refractivity contribution in [2.75, 3.05) is 25.0 Å². The Hall–Kier alpha value is -2.94. The third-order valence-corrected chi connectivity index (χ3v) is 6.62. The van der Waals surface area contributed by atoms with Gasteiger partial charge in [0.25, 0.3) is 11.8 Å². The molecule has 5 amide bonds. The van der Waals surface area contributed by atoms with Crippen LogP contribution in [-0.2, 0) is 14.4 Å². The van der Waals surface area contributed by atoms with Crippen molar-refractivity contribution < 1.29 is 24.1 Å². The number of hydrogen-bond acceptors (Lipinski definition) is 4. The summed E-state index contributed by atoms with van der Waals surface area (Å²) in [7, 11) is 0. The lowest BCUT2D eigenvalue weighted by Gasteiger charge is -2.30. The Bertz CT molecular complexity index is 845. The van der Waals surface area contributed by atoms with Crippen LogP contribution >= 0.6 is 0 Å². The molecule has 2 saturated heterocycles. The van der Waals surface area contributed by atoms with E-state index >= 15 is 0 Å². The number of imide groups is 1. The van der Waals surface area contributed by atoms with Gasteiger partial charge in [0.05, 0.1) is 13.1 Å². The van der Waals surface area contributed by atoms with E-state index in [4.69, 9.17) is 0 Å². The fourth-order valence-corrected chi connectivity index (χ4v) is 4.84. The summed E-state index contributed by atoms with van der Waals surface area (Å²) in [4.78, 5) is 51.0. The minimum atomic E-state index is -0.847. The summed E-state index contributed by atoms with van der Waals surface area (Å²) < 4.78 is 0. The maximum atomic E-state index is 12.8. The van der Waals surface area contributed by atoms with Crippen LogP contribution in [-0.4, -0.2) is 53.9 Å². The molecule has 4 rings (SSSR count). The zero-order valence-electron chi connectivity index (χ0n) is 17.6. The van der Waals surface area contributed by atoms with E-state index in [1.54, 1.807) is 0 Å². The molecule has 0 radical (unpaired) electrons. The largest absolute Gasteiger partial charge is 0.344 e. The molecule has 2 heterocycles. The highest BCUT2D eigenvalue weighted by atomic mass is 16.2. The SMILES string of the molecule is O=C(C[NH+]1CCC(C(=O)Nc2ccccc2)CC1)NN1C(=O)NC2(CCCCC2)C1=O. The second kappa shape index (κ2) is 9.05. The van der Waals surface area contributed by atoms with Crippen LogP contribution in [0.4, 0.5) is 10.5 Å². The molecule has 3 aliphatic rings. The van der Waals surface area contributed by atoms with Crippen molar-refractivity contribution in [2.45, 2.75) is 50.5 Å². The summed E-state index contributed by atoms with van der Waals surface area (Å²) in [6, 6.07) is 8.82. The van der Waals surface area contributed by atoms with Gasteiger partial charge in [0, 0.05) is 24.4 Å². The first-order chi connectivity index (χ1) is 15.0. The van der Waals surface area contributed by atoms with E-state index in [0.29, 0.717) is 38.8 Å². The monoisotopic (exact) mass is 428 g/mol. The van der Waals surface area contributed by atoms with E-state index in [1.807, 2.05) is 30.3 Å². The molecular weight excluding hydrogens is 398 g/mol. The number of rotatable bonds is 5. The first kappa shape index (κ1) is 21.3. The molecule has 1 aromatic carbocycles. The van der Waals surface area contributed by atoms with E-state index in [1.165, 1.54) is 0 Å². The number of hydrazine groups is 1. The molecule has 0 bridgehead atoms. The van der Waals surface area contributed by atoms with Gasteiger partial charge in [-0.25, -0.2) is 4.79 Å². The number of piperidine rings is 1. The Kier molecular flexibility index (Phi) is 6.22. The van der Waals surface area contributed by atoms with E-state index in [2.05, 4.69) is 16.1 Å². The van der Waals surface area contributed by atoms with Crippen molar-refractivity contribution in [3.8, 4) is 0 Å². The molecule has 1 spiro atoms. The molecule has 3 fully saturated rings. The molecule has 31 heavy (non-hydrogen) atoms. The number of hydrogen-bond donors (Lipinski definition) is 4. The molecule has 1 aromatic rings. The van der Waals surface area contributed by atoms with Crippen LogP contribution in [0.15, 0.2) is 30.3 Å². The minimum Gasteiger partial charge on any atom is -0.327 e. The van der Waals surface area contributed by atoms with Crippen LogP contribution < -0.4 is 21.0 Å². The normalized spacial score (nSPS) is 25.2. The predicted octanol–water partition coefficient (Wildman–Crippen LogP) is 0.206. The van der Waals surface area contributed by atoms with Crippen LogP contribution in [0.1, 0.15) is 44.9 Å². The van der Waals surface area contributed by atoms with Gasteiger partial charge >= 0.3 is 6.03 Å². The highest BCUT2D eigenvalue weighted by molar-refractivity contribution is 6.08. The standard InChI is InChI=1S/C22H29N5O4/c28-18(25-27-20(30)22(24-21(27)31)11-5-2-6-12-22)15-26-13-9-16(10-14-26)19(29)23-17-7-3-1-4-8-17/h1,3-4,7-8,16H,2,5-6,9-15H2,(H,23,29)(H,24,31)(H,25,28)/p+1. The van der Waals surface area contributed by atoms with E-state index in [9.17, 15) is 19.2 Å². The van der Waals surface area contributed by atoms with E-state index < -0.39 is 11.6 Å². The second-order valence-corrected chi connectivity index (χ2v) is 8.80. The molecule has 1 aliphatic carbocycles. The summed E-state index contributed by atoms with van der Waals surface area (Å²) in [5, 5.41) is 6.58.